The highest BCUT2D eigenvalue weighted by molar-refractivity contribution is 6.17. The third-order valence-corrected chi connectivity index (χ3v) is 2.39. The number of hydrogen-bond acceptors (Lipinski definition) is 4. The predicted octanol–water partition coefficient (Wildman–Crippen LogP) is 3.04. The Morgan fingerprint density at radius 2 is 2.24 bits per heavy atom. The molecular weight excluding hydrogens is 245 g/mol. The molecule has 0 fully saturated rings. The van der Waals surface area contributed by atoms with E-state index in [1.807, 2.05) is 0 Å². The molecule has 0 aliphatic carbocycles. The van der Waals surface area contributed by atoms with E-state index in [1.165, 1.54) is 6.07 Å². The van der Waals surface area contributed by atoms with Crippen molar-refractivity contribution in [2.24, 2.45) is 0 Å². The van der Waals surface area contributed by atoms with Crippen molar-refractivity contribution in [3.63, 3.8) is 0 Å². The first-order valence-corrected chi connectivity index (χ1v) is 5.64. The summed E-state index contributed by atoms with van der Waals surface area (Å²) in [5.74, 6) is 0.589. The molecule has 6 heteroatoms. The van der Waals surface area contributed by atoms with Gasteiger partial charge in [-0.05, 0) is 24.6 Å². The topological polar surface area (TPSA) is 51.0 Å². The molecule has 90 valence electrons. The molecule has 0 aliphatic rings. The Kier molecular flexibility index (Phi) is 3.58. The van der Waals surface area contributed by atoms with Crippen LogP contribution in [0.15, 0.2) is 22.6 Å². The van der Waals surface area contributed by atoms with E-state index >= 15 is 0 Å². The lowest BCUT2D eigenvalue weighted by atomic mass is 10.2. The second-order valence-electron chi connectivity index (χ2n) is 3.53. The summed E-state index contributed by atoms with van der Waals surface area (Å²) in [6.45, 7) is 1.70. The SMILES string of the molecule is Cc1ccc(Nc2nnc(CCCl)o2)cc1F. The van der Waals surface area contributed by atoms with E-state index in [2.05, 4.69) is 15.5 Å². The van der Waals surface area contributed by atoms with Crippen molar-refractivity contribution in [1.29, 1.82) is 0 Å². The first kappa shape index (κ1) is 11.9. The van der Waals surface area contributed by atoms with Gasteiger partial charge in [0.1, 0.15) is 5.82 Å². The van der Waals surface area contributed by atoms with Gasteiger partial charge in [0.15, 0.2) is 0 Å². The summed E-state index contributed by atoms with van der Waals surface area (Å²) >= 11 is 5.55. The van der Waals surface area contributed by atoms with Gasteiger partial charge in [-0.15, -0.1) is 16.7 Å². The maximum absolute atomic E-state index is 13.3. The molecule has 0 saturated carbocycles. The van der Waals surface area contributed by atoms with Gasteiger partial charge >= 0.3 is 6.01 Å². The van der Waals surface area contributed by atoms with Gasteiger partial charge in [0.2, 0.25) is 5.89 Å². The Bertz CT molecular complexity index is 515. The summed E-state index contributed by atoms with van der Waals surface area (Å²) in [7, 11) is 0. The molecule has 0 aliphatic heterocycles. The van der Waals surface area contributed by atoms with E-state index in [4.69, 9.17) is 16.0 Å². The summed E-state index contributed by atoms with van der Waals surface area (Å²) in [6.07, 6.45) is 0.512. The van der Waals surface area contributed by atoms with Gasteiger partial charge in [-0.1, -0.05) is 11.2 Å². The maximum Gasteiger partial charge on any atom is 0.320 e. The maximum atomic E-state index is 13.3. The molecule has 0 atom stereocenters. The van der Waals surface area contributed by atoms with Crippen LogP contribution in [0, 0.1) is 12.7 Å². The number of nitrogens with zero attached hydrogens (tertiary/aromatic N) is 2. The summed E-state index contributed by atoms with van der Waals surface area (Å²) in [5.41, 5.74) is 1.15. The second kappa shape index (κ2) is 5.14. The molecule has 2 rings (SSSR count). The van der Waals surface area contributed by atoms with E-state index < -0.39 is 0 Å². The van der Waals surface area contributed by atoms with E-state index in [-0.39, 0.29) is 11.8 Å². The molecule has 0 radical (unpaired) electrons. The zero-order valence-electron chi connectivity index (χ0n) is 9.20. The number of alkyl halides is 1. The minimum absolute atomic E-state index is 0.230. The summed E-state index contributed by atoms with van der Waals surface area (Å²) in [4.78, 5) is 0. The zero-order chi connectivity index (χ0) is 12.3. The Morgan fingerprint density at radius 1 is 1.41 bits per heavy atom. The molecule has 1 aromatic heterocycles. The van der Waals surface area contributed by atoms with E-state index in [0.717, 1.165) is 0 Å². The van der Waals surface area contributed by atoms with Crippen LogP contribution in [0.1, 0.15) is 11.5 Å². The minimum Gasteiger partial charge on any atom is -0.408 e. The highest BCUT2D eigenvalue weighted by Crippen LogP contribution is 2.18. The number of halogens is 2. The van der Waals surface area contributed by atoms with Crippen LogP contribution < -0.4 is 5.32 Å². The zero-order valence-corrected chi connectivity index (χ0v) is 9.96. The largest absolute Gasteiger partial charge is 0.408 e. The fourth-order valence-electron chi connectivity index (χ4n) is 1.28. The van der Waals surface area contributed by atoms with E-state index in [9.17, 15) is 4.39 Å². The van der Waals surface area contributed by atoms with Crippen LogP contribution in [-0.2, 0) is 6.42 Å². The highest BCUT2D eigenvalue weighted by Gasteiger charge is 2.06. The Hall–Kier alpha value is -1.62. The molecule has 4 nitrogen and oxygen atoms in total. The number of benzene rings is 1. The first-order valence-electron chi connectivity index (χ1n) is 5.10. The van der Waals surface area contributed by atoms with Crippen LogP contribution in [0.2, 0.25) is 0 Å². The molecule has 0 saturated heterocycles. The van der Waals surface area contributed by atoms with Crippen molar-refractivity contribution in [2.75, 3.05) is 11.2 Å². The van der Waals surface area contributed by atoms with Crippen molar-refractivity contribution in [2.45, 2.75) is 13.3 Å². The molecule has 17 heavy (non-hydrogen) atoms. The number of anilines is 2. The fraction of sp³-hybridized carbons (Fsp3) is 0.273. The third-order valence-electron chi connectivity index (χ3n) is 2.20. The van der Waals surface area contributed by atoms with E-state index in [0.29, 0.717) is 29.4 Å². The standard InChI is InChI=1S/C11H11ClFN3O/c1-7-2-3-8(6-9(7)13)14-11-16-15-10(17-11)4-5-12/h2-3,6H,4-5H2,1H3,(H,14,16). The molecule has 0 bridgehead atoms. The van der Waals surface area contributed by atoms with Crippen molar-refractivity contribution in [3.8, 4) is 0 Å². The average molecular weight is 256 g/mol. The third kappa shape index (κ3) is 2.94. The number of hydrogen-bond donors (Lipinski definition) is 1. The van der Waals surface area contributed by atoms with E-state index in [1.54, 1.807) is 19.1 Å². The minimum atomic E-state index is -0.282. The molecule has 0 amide bonds. The molecule has 1 heterocycles. The smallest absolute Gasteiger partial charge is 0.320 e. The molecule has 0 unspecified atom stereocenters. The fourth-order valence-corrected chi connectivity index (χ4v) is 1.44. The first-order chi connectivity index (χ1) is 8.19. The lowest BCUT2D eigenvalue weighted by Crippen LogP contribution is -1.92. The number of rotatable bonds is 4. The Labute approximate surface area is 103 Å². The summed E-state index contributed by atoms with van der Waals surface area (Å²) < 4.78 is 18.5. The molecule has 1 aromatic carbocycles. The van der Waals surface area contributed by atoms with Gasteiger partial charge < -0.3 is 9.73 Å². The van der Waals surface area contributed by atoms with Gasteiger partial charge in [0.05, 0.1) is 0 Å². The second-order valence-corrected chi connectivity index (χ2v) is 3.91. The highest BCUT2D eigenvalue weighted by atomic mass is 35.5. The summed E-state index contributed by atoms with van der Waals surface area (Å²) in [5, 5.41) is 10.4. The van der Waals surface area contributed by atoms with Gasteiger partial charge in [-0.25, -0.2) is 4.39 Å². The molecule has 1 N–H and O–H groups in total. The van der Waals surface area contributed by atoms with Gasteiger partial charge in [0, 0.05) is 18.0 Å². The quantitative estimate of drug-likeness (QED) is 0.853. The van der Waals surface area contributed by atoms with Crippen LogP contribution in [0.5, 0.6) is 0 Å². The van der Waals surface area contributed by atoms with Crippen LogP contribution in [0.4, 0.5) is 16.1 Å². The van der Waals surface area contributed by atoms with Crippen molar-refractivity contribution >= 4 is 23.3 Å². The number of nitrogens with one attached hydrogen (secondary N) is 1. The molecule has 0 spiro atoms. The van der Waals surface area contributed by atoms with Crippen LogP contribution in [0.3, 0.4) is 0 Å². The van der Waals surface area contributed by atoms with Gasteiger partial charge in [0.25, 0.3) is 0 Å². The predicted molar refractivity (Wildman–Crippen MR) is 63.1 cm³/mol. The average Bonchev–Trinajstić information content (AvgIpc) is 2.72. The lowest BCUT2D eigenvalue weighted by Gasteiger charge is -2.02. The van der Waals surface area contributed by atoms with Crippen molar-refractivity contribution in [3.05, 3.63) is 35.5 Å². The monoisotopic (exact) mass is 255 g/mol. The molecule has 2 aromatic rings. The van der Waals surface area contributed by atoms with Gasteiger partial charge in [-0.2, -0.15) is 0 Å². The normalized spacial score (nSPS) is 10.5. The number of aryl methyl sites for hydroxylation is 2. The van der Waals surface area contributed by atoms with Crippen molar-refractivity contribution in [1.82, 2.24) is 10.2 Å². The number of aromatic nitrogens is 2. The Balaban J connectivity index is 2.11. The molecular formula is C11H11ClFN3O. The van der Waals surface area contributed by atoms with Crippen LogP contribution >= 0.6 is 11.6 Å². The van der Waals surface area contributed by atoms with Crippen LogP contribution in [-0.4, -0.2) is 16.1 Å². The van der Waals surface area contributed by atoms with Crippen molar-refractivity contribution < 1.29 is 8.81 Å². The summed E-state index contributed by atoms with van der Waals surface area (Å²) in [6, 6.07) is 5.02. The van der Waals surface area contributed by atoms with Crippen LogP contribution in [0.25, 0.3) is 0 Å². The van der Waals surface area contributed by atoms with Gasteiger partial charge in [-0.3, -0.25) is 0 Å². The Morgan fingerprint density at radius 3 is 2.94 bits per heavy atom. The lowest BCUT2D eigenvalue weighted by molar-refractivity contribution is 0.516.